The summed E-state index contributed by atoms with van der Waals surface area (Å²) in [6.45, 7) is 2.53. The SMILES string of the molecule is CCCCCC(O)CCC1C(O)CC2Cc3c(cccc3OCCO)CC21. The number of benzene rings is 1. The summed E-state index contributed by atoms with van der Waals surface area (Å²) in [5, 5.41) is 30.0. The van der Waals surface area contributed by atoms with E-state index in [4.69, 9.17) is 9.84 Å². The lowest BCUT2D eigenvalue weighted by atomic mass is 9.73. The maximum absolute atomic E-state index is 10.7. The van der Waals surface area contributed by atoms with Gasteiger partial charge in [0.25, 0.3) is 0 Å². The Labute approximate surface area is 163 Å². The van der Waals surface area contributed by atoms with Gasteiger partial charge in [-0.15, -0.1) is 0 Å². The molecule has 2 aliphatic rings. The van der Waals surface area contributed by atoms with Crippen molar-refractivity contribution in [2.75, 3.05) is 13.2 Å². The number of aliphatic hydroxyl groups excluding tert-OH is 3. The van der Waals surface area contributed by atoms with E-state index in [-0.39, 0.29) is 18.8 Å². The highest BCUT2D eigenvalue weighted by Crippen LogP contribution is 2.48. The summed E-state index contributed by atoms with van der Waals surface area (Å²) in [6, 6.07) is 6.20. The molecule has 0 radical (unpaired) electrons. The lowest BCUT2D eigenvalue weighted by Crippen LogP contribution is -2.28. The van der Waals surface area contributed by atoms with Gasteiger partial charge in [0.2, 0.25) is 0 Å². The Morgan fingerprint density at radius 2 is 2.04 bits per heavy atom. The second kappa shape index (κ2) is 9.90. The lowest BCUT2D eigenvalue weighted by Gasteiger charge is -2.32. The quantitative estimate of drug-likeness (QED) is 0.547. The third-order valence-corrected chi connectivity index (χ3v) is 6.67. The molecule has 0 aromatic heterocycles. The van der Waals surface area contributed by atoms with Crippen molar-refractivity contribution in [3.8, 4) is 5.75 Å². The maximum Gasteiger partial charge on any atom is 0.122 e. The highest BCUT2D eigenvalue weighted by molar-refractivity contribution is 5.43. The molecule has 3 rings (SSSR count). The lowest BCUT2D eigenvalue weighted by molar-refractivity contribution is 0.0869. The molecule has 3 N–H and O–H groups in total. The van der Waals surface area contributed by atoms with Crippen LogP contribution >= 0.6 is 0 Å². The smallest absolute Gasteiger partial charge is 0.122 e. The van der Waals surface area contributed by atoms with Crippen molar-refractivity contribution in [2.24, 2.45) is 17.8 Å². The third kappa shape index (κ3) is 5.04. The van der Waals surface area contributed by atoms with Crippen LogP contribution in [0.4, 0.5) is 0 Å². The Hall–Kier alpha value is -1.10. The number of ether oxygens (including phenoxy) is 1. The molecule has 27 heavy (non-hydrogen) atoms. The Morgan fingerprint density at radius 3 is 2.81 bits per heavy atom. The molecule has 0 aliphatic heterocycles. The van der Waals surface area contributed by atoms with Crippen LogP contribution in [0.2, 0.25) is 0 Å². The molecule has 0 heterocycles. The van der Waals surface area contributed by atoms with Crippen molar-refractivity contribution in [3.63, 3.8) is 0 Å². The highest BCUT2D eigenvalue weighted by Gasteiger charge is 2.44. The number of unbranched alkanes of at least 4 members (excludes halogenated alkanes) is 2. The van der Waals surface area contributed by atoms with Crippen molar-refractivity contribution in [2.45, 2.75) is 76.9 Å². The van der Waals surface area contributed by atoms with Gasteiger partial charge in [0.15, 0.2) is 0 Å². The molecule has 4 heteroatoms. The van der Waals surface area contributed by atoms with Gasteiger partial charge in [0.05, 0.1) is 18.8 Å². The average Bonchev–Trinajstić information content (AvgIpc) is 2.97. The van der Waals surface area contributed by atoms with Crippen LogP contribution in [-0.2, 0) is 12.8 Å². The van der Waals surface area contributed by atoms with Gasteiger partial charge in [-0.3, -0.25) is 0 Å². The third-order valence-electron chi connectivity index (χ3n) is 6.67. The zero-order valence-corrected chi connectivity index (χ0v) is 16.6. The molecule has 0 saturated heterocycles. The van der Waals surface area contributed by atoms with Crippen molar-refractivity contribution >= 4 is 0 Å². The summed E-state index contributed by atoms with van der Waals surface area (Å²) >= 11 is 0. The van der Waals surface area contributed by atoms with Gasteiger partial charge in [0, 0.05) is 0 Å². The summed E-state index contributed by atoms with van der Waals surface area (Å²) in [5.41, 5.74) is 2.59. The normalized spacial score (nSPS) is 27.9. The number of fused-ring (bicyclic) bond motifs is 2. The predicted molar refractivity (Wildman–Crippen MR) is 107 cm³/mol. The molecule has 0 amide bonds. The van der Waals surface area contributed by atoms with E-state index in [2.05, 4.69) is 13.0 Å². The fourth-order valence-electron chi connectivity index (χ4n) is 5.25. The molecule has 0 bridgehead atoms. The molecular weight excluding hydrogens is 340 g/mol. The van der Waals surface area contributed by atoms with Crippen LogP contribution in [0.3, 0.4) is 0 Å². The molecule has 1 aromatic carbocycles. The Kier molecular flexibility index (Phi) is 7.57. The van der Waals surface area contributed by atoms with Gasteiger partial charge in [-0.1, -0.05) is 38.3 Å². The van der Waals surface area contributed by atoms with E-state index in [0.29, 0.717) is 24.4 Å². The summed E-state index contributed by atoms with van der Waals surface area (Å²) < 4.78 is 5.74. The molecule has 0 spiro atoms. The van der Waals surface area contributed by atoms with E-state index in [1.165, 1.54) is 24.0 Å². The van der Waals surface area contributed by atoms with E-state index in [0.717, 1.165) is 50.7 Å². The first-order valence-corrected chi connectivity index (χ1v) is 10.8. The molecule has 1 fully saturated rings. The molecule has 5 atom stereocenters. The topological polar surface area (TPSA) is 69.9 Å². The van der Waals surface area contributed by atoms with Crippen LogP contribution in [0.5, 0.6) is 5.75 Å². The van der Waals surface area contributed by atoms with Gasteiger partial charge in [0.1, 0.15) is 12.4 Å². The van der Waals surface area contributed by atoms with E-state index < -0.39 is 0 Å². The van der Waals surface area contributed by atoms with E-state index in [1.807, 2.05) is 12.1 Å². The summed E-state index contributed by atoms with van der Waals surface area (Å²) in [4.78, 5) is 0. The van der Waals surface area contributed by atoms with Gasteiger partial charge in [-0.2, -0.15) is 0 Å². The number of hydrogen-bond donors (Lipinski definition) is 3. The fraction of sp³-hybridized carbons (Fsp3) is 0.739. The van der Waals surface area contributed by atoms with Crippen molar-refractivity contribution in [3.05, 3.63) is 29.3 Å². The standard InChI is InChI=1S/C23H36O4/c1-2-3-4-7-18(25)9-10-19-20-13-16-6-5-8-23(27-12-11-24)21(16)14-17(20)15-22(19)26/h5-6,8,17-20,22,24-26H,2-4,7,9-15H2,1H3. The van der Waals surface area contributed by atoms with Gasteiger partial charge < -0.3 is 20.1 Å². The summed E-state index contributed by atoms with van der Waals surface area (Å²) in [6.07, 6.45) is 8.41. The molecule has 152 valence electrons. The number of rotatable bonds is 10. The van der Waals surface area contributed by atoms with E-state index in [1.54, 1.807) is 0 Å². The monoisotopic (exact) mass is 376 g/mol. The first-order valence-electron chi connectivity index (χ1n) is 10.8. The van der Waals surface area contributed by atoms with Crippen molar-refractivity contribution in [1.29, 1.82) is 0 Å². The fourth-order valence-corrected chi connectivity index (χ4v) is 5.25. The van der Waals surface area contributed by atoms with Gasteiger partial charge >= 0.3 is 0 Å². The molecule has 4 nitrogen and oxygen atoms in total. The van der Waals surface area contributed by atoms with Gasteiger partial charge in [-0.05, 0) is 73.5 Å². The summed E-state index contributed by atoms with van der Waals surface area (Å²) in [5.74, 6) is 2.19. The van der Waals surface area contributed by atoms with Crippen LogP contribution < -0.4 is 4.74 Å². The maximum atomic E-state index is 10.7. The second-order valence-corrected chi connectivity index (χ2v) is 8.49. The largest absolute Gasteiger partial charge is 0.491 e. The minimum Gasteiger partial charge on any atom is -0.491 e. The minimum absolute atomic E-state index is 0.0249. The predicted octanol–water partition coefficient (Wildman–Crippen LogP) is 3.49. The van der Waals surface area contributed by atoms with Crippen LogP contribution in [-0.4, -0.2) is 40.7 Å². The number of hydrogen-bond acceptors (Lipinski definition) is 4. The Bertz CT molecular complexity index is 588. The zero-order valence-electron chi connectivity index (χ0n) is 16.6. The average molecular weight is 377 g/mol. The Balaban J connectivity index is 1.61. The van der Waals surface area contributed by atoms with Crippen molar-refractivity contribution in [1.82, 2.24) is 0 Å². The Morgan fingerprint density at radius 1 is 1.19 bits per heavy atom. The minimum atomic E-state index is -0.251. The highest BCUT2D eigenvalue weighted by atomic mass is 16.5. The van der Waals surface area contributed by atoms with Crippen LogP contribution in [0.15, 0.2) is 18.2 Å². The van der Waals surface area contributed by atoms with E-state index in [9.17, 15) is 10.2 Å². The molecule has 2 aliphatic carbocycles. The van der Waals surface area contributed by atoms with E-state index >= 15 is 0 Å². The summed E-state index contributed by atoms with van der Waals surface area (Å²) in [7, 11) is 0. The second-order valence-electron chi connectivity index (χ2n) is 8.49. The molecule has 1 aromatic rings. The van der Waals surface area contributed by atoms with Crippen molar-refractivity contribution < 1.29 is 20.1 Å². The molecular formula is C23H36O4. The van der Waals surface area contributed by atoms with Crippen LogP contribution in [0.25, 0.3) is 0 Å². The zero-order chi connectivity index (χ0) is 19.2. The van der Waals surface area contributed by atoms with Crippen LogP contribution in [0.1, 0.15) is 63.0 Å². The first-order chi connectivity index (χ1) is 13.1. The molecule has 5 unspecified atom stereocenters. The van der Waals surface area contributed by atoms with Gasteiger partial charge in [-0.25, -0.2) is 0 Å². The first kappa shape index (κ1) is 20.6. The van der Waals surface area contributed by atoms with Crippen LogP contribution in [0, 0.1) is 17.8 Å². The number of aliphatic hydroxyl groups is 3. The molecule has 1 saturated carbocycles.